The highest BCUT2D eigenvalue weighted by molar-refractivity contribution is 8.05. The van der Waals surface area contributed by atoms with Crippen LogP contribution >= 0.6 is 23.1 Å². The van der Waals surface area contributed by atoms with Crippen molar-refractivity contribution in [2.75, 3.05) is 12.1 Å². The van der Waals surface area contributed by atoms with Crippen LogP contribution in [0.1, 0.15) is 21.6 Å². The third-order valence-corrected chi connectivity index (χ3v) is 7.01. The van der Waals surface area contributed by atoms with Gasteiger partial charge in [-0.1, -0.05) is 35.6 Å². The van der Waals surface area contributed by atoms with Crippen LogP contribution in [0, 0.1) is 6.92 Å². The second kappa shape index (κ2) is 7.62. The quantitative estimate of drug-likeness (QED) is 0.493. The predicted molar refractivity (Wildman–Crippen MR) is 115 cm³/mol. The number of allylic oxidation sites excluding steroid dienone is 1. The van der Waals surface area contributed by atoms with E-state index in [2.05, 4.69) is 5.32 Å². The molecule has 8 heteroatoms. The Balaban J connectivity index is 1.34. The minimum atomic E-state index is -0.150. The Morgan fingerprint density at radius 3 is 2.90 bits per heavy atom. The van der Waals surface area contributed by atoms with Crippen molar-refractivity contribution in [2.24, 2.45) is 0 Å². The lowest BCUT2D eigenvalue weighted by atomic mass is 10.2. The summed E-state index contributed by atoms with van der Waals surface area (Å²) in [6, 6.07) is 13.2. The molecule has 1 amide bonds. The van der Waals surface area contributed by atoms with Gasteiger partial charge in [0.1, 0.15) is 11.3 Å². The van der Waals surface area contributed by atoms with Crippen molar-refractivity contribution in [3.05, 3.63) is 69.6 Å². The lowest BCUT2D eigenvalue weighted by molar-refractivity contribution is -0.607. The fourth-order valence-corrected chi connectivity index (χ4v) is 5.50. The highest BCUT2D eigenvalue weighted by Crippen LogP contribution is 2.38. The number of thioether (sulfide) groups is 1. The molecule has 0 aliphatic carbocycles. The van der Waals surface area contributed by atoms with E-state index in [9.17, 15) is 9.59 Å². The number of aryl methyl sites for hydroxylation is 1. The molecule has 0 radical (unpaired) electrons. The summed E-state index contributed by atoms with van der Waals surface area (Å²) in [6.07, 6.45) is 1.97. The predicted octanol–water partition coefficient (Wildman–Crippen LogP) is 4.04. The summed E-state index contributed by atoms with van der Waals surface area (Å²) >= 11 is 2.88. The molecule has 1 aromatic heterocycles. The van der Waals surface area contributed by atoms with Gasteiger partial charge >= 0.3 is 10.2 Å². The number of fused-ring (bicyclic) bond motifs is 2. The normalized spacial score (nSPS) is 15.5. The number of nitrogens with one attached hydrogen (secondary N) is 1. The van der Waals surface area contributed by atoms with Crippen molar-refractivity contribution in [3.8, 4) is 11.5 Å². The van der Waals surface area contributed by atoms with Crippen LogP contribution in [-0.2, 0) is 11.2 Å². The molecule has 2 aliphatic rings. The SMILES string of the molecule is Cc1ccccc1NC(=O)Cc1csc2[n+]1C(=O)/C(=C\c1ccc3c(c1)OCO3)S2. The standard InChI is InChI=1S/C22H16N2O4S2/c1-13-4-2-3-5-16(13)23-20(25)10-15-11-29-22-24(15)21(26)19(30-22)9-14-6-7-17-18(8-14)28-12-27-17/h2-9,11H,10,12H2,1H3/p+1/b19-9+. The third kappa shape index (κ3) is 3.48. The lowest BCUT2D eigenvalue weighted by Gasteiger charge is -2.06. The lowest BCUT2D eigenvalue weighted by Crippen LogP contribution is -2.43. The fraction of sp³-hybridized carbons (Fsp3) is 0.136. The number of ether oxygens (including phenoxy) is 2. The van der Waals surface area contributed by atoms with E-state index in [0.717, 1.165) is 21.2 Å². The highest BCUT2D eigenvalue weighted by Gasteiger charge is 2.40. The van der Waals surface area contributed by atoms with E-state index in [1.165, 1.54) is 23.1 Å². The fourth-order valence-electron chi connectivity index (χ4n) is 3.31. The second-order valence-corrected chi connectivity index (χ2v) is 9.04. The summed E-state index contributed by atoms with van der Waals surface area (Å²) in [5, 5.41) is 4.79. The minimum Gasteiger partial charge on any atom is -0.454 e. The first-order valence-electron chi connectivity index (χ1n) is 9.30. The Bertz CT molecular complexity index is 1220. The van der Waals surface area contributed by atoms with Crippen molar-refractivity contribution in [1.29, 1.82) is 0 Å². The molecule has 0 bridgehead atoms. The van der Waals surface area contributed by atoms with Gasteiger partial charge in [0.2, 0.25) is 18.4 Å². The molecule has 2 aliphatic heterocycles. The van der Waals surface area contributed by atoms with Crippen molar-refractivity contribution in [3.63, 3.8) is 0 Å². The maximum absolute atomic E-state index is 13.0. The number of nitrogens with zero attached hydrogens (tertiary/aromatic N) is 1. The van der Waals surface area contributed by atoms with E-state index < -0.39 is 0 Å². The Kier molecular flexibility index (Phi) is 4.80. The number of rotatable bonds is 4. The Morgan fingerprint density at radius 2 is 2.03 bits per heavy atom. The molecule has 0 fully saturated rings. The maximum atomic E-state index is 13.0. The maximum Gasteiger partial charge on any atom is 0.433 e. The molecule has 30 heavy (non-hydrogen) atoms. The molecule has 150 valence electrons. The summed E-state index contributed by atoms with van der Waals surface area (Å²) in [4.78, 5) is 26.2. The summed E-state index contributed by atoms with van der Waals surface area (Å²) in [5.74, 6) is 1.12. The molecular weight excluding hydrogens is 420 g/mol. The van der Waals surface area contributed by atoms with Crippen molar-refractivity contribution in [1.82, 2.24) is 0 Å². The van der Waals surface area contributed by atoms with Crippen LogP contribution in [0.25, 0.3) is 6.08 Å². The number of hydrogen-bond donors (Lipinski definition) is 1. The van der Waals surface area contributed by atoms with Crippen LogP contribution in [0.3, 0.4) is 0 Å². The second-order valence-electron chi connectivity index (χ2n) is 6.90. The van der Waals surface area contributed by atoms with Crippen molar-refractivity contribution in [2.45, 2.75) is 17.7 Å². The molecule has 6 nitrogen and oxygen atoms in total. The van der Waals surface area contributed by atoms with Gasteiger partial charge in [-0.25, -0.2) is 4.79 Å². The molecule has 0 atom stereocenters. The number of thiazole rings is 1. The number of hydrogen-bond acceptors (Lipinski definition) is 6. The van der Waals surface area contributed by atoms with Gasteiger partial charge in [-0.15, -0.1) is 4.57 Å². The third-order valence-electron chi connectivity index (χ3n) is 4.83. The number of para-hydroxylation sites is 1. The molecule has 0 unspecified atom stereocenters. The van der Waals surface area contributed by atoms with E-state index in [1.54, 1.807) is 4.57 Å². The number of carbonyl (C=O) groups excluding carboxylic acids is 2. The van der Waals surface area contributed by atoms with Crippen LogP contribution in [-0.4, -0.2) is 18.6 Å². The zero-order chi connectivity index (χ0) is 20.7. The van der Waals surface area contributed by atoms with Gasteiger partial charge in [-0.2, -0.15) is 0 Å². The average Bonchev–Trinajstić information content (AvgIpc) is 3.42. The largest absolute Gasteiger partial charge is 0.454 e. The molecular formula is C22H17N2O4S2+. The number of aromatic nitrogens is 1. The molecule has 0 saturated carbocycles. The monoisotopic (exact) mass is 437 g/mol. The molecule has 5 rings (SSSR count). The van der Waals surface area contributed by atoms with E-state index in [-0.39, 0.29) is 25.0 Å². The average molecular weight is 438 g/mol. The topological polar surface area (TPSA) is 68.5 Å². The molecule has 3 aromatic rings. The van der Waals surface area contributed by atoms with E-state index in [4.69, 9.17) is 9.47 Å². The summed E-state index contributed by atoms with van der Waals surface area (Å²) < 4.78 is 13.2. The number of amides is 1. The first kappa shape index (κ1) is 18.9. The van der Waals surface area contributed by atoms with Crippen molar-refractivity contribution >= 4 is 46.7 Å². The van der Waals surface area contributed by atoms with Gasteiger partial charge in [0.25, 0.3) is 0 Å². The van der Waals surface area contributed by atoms with E-state index in [0.29, 0.717) is 22.1 Å². The molecule has 1 N–H and O–H groups in total. The zero-order valence-corrected chi connectivity index (χ0v) is 17.6. The highest BCUT2D eigenvalue weighted by atomic mass is 32.2. The number of benzene rings is 2. The van der Waals surface area contributed by atoms with Crippen molar-refractivity contribution < 1.29 is 23.6 Å². The summed E-state index contributed by atoms with van der Waals surface area (Å²) in [6.45, 7) is 2.16. The Labute approximate surface area is 181 Å². The summed E-state index contributed by atoms with van der Waals surface area (Å²) in [7, 11) is 0. The first-order chi connectivity index (χ1) is 14.6. The van der Waals surface area contributed by atoms with Gasteiger partial charge < -0.3 is 14.8 Å². The molecule has 3 heterocycles. The van der Waals surface area contributed by atoms with E-state index >= 15 is 0 Å². The van der Waals surface area contributed by atoms with E-state index in [1.807, 2.05) is 60.8 Å². The number of carbonyl (C=O) groups is 2. The van der Waals surface area contributed by atoms with Gasteiger partial charge in [0, 0.05) is 17.4 Å². The van der Waals surface area contributed by atoms with Crippen LogP contribution in [0.5, 0.6) is 11.5 Å². The molecule has 0 saturated heterocycles. The molecule has 0 spiro atoms. The zero-order valence-electron chi connectivity index (χ0n) is 16.0. The molecule has 2 aromatic carbocycles. The van der Waals surface area contributed by atoms with Crippen LogP contribution in [0.4, 0.5) is 5.69 Å². The van der Waals surface area contributed by atoms with Gasteiger partial charge in [-0.05, 0) is 42.3 Å². The van der Waals surface area contributed by atoms with Crippen LogP contribution in [0.15, 0.2) is 57.1 Å². The number of anilines is 1. The first-order valence-corrected chi connectivity index (χ1v) is 11.0. The van der Waals surface area contributed by atoms with Gasteiger partial charge in [0.05, 0.1) is 5.38 Å². The Hall–Kier alpha value is -3.10. The Morgan fingerprint density at radius 1 is 1.20 bits per heavy atom. The summed E-state index contributed by atoms with van der Waals surface area (Å²) in [5.41, 5.74) is 3.33. The van der Waals surface area contributed by atoms with Gasteiger partial charge in [-0.3, -0.25) is 4.79 Å². The van der Waals surface area contributed by atoms with Gasteiger partial charge in [0.15, 0.2) is 11.5 Å². The minimum absolute atomic E-state index is 0.118. The van der Waals surface area contributed by atoms with Crippen LogP contribution in [0.2, 0.25) is 0 Å². The van der Waals surface area contributed by atoms with Crippen LogP contribution < -0.4 is 19.4 Å². The smallest absolute Gasteiger partial charge is 0.433 e.